The van der Waals surface area contributed by atoms with E-state index in [9.17, 15) is 14.4 Å². The first-order chi connectivity index (χ1) is 14.6. The molecule has 0 saturated carbocycles. The van der Waals surface area contributed by atoms with Crippen LogP contribution in [0.3, 0.4) is 0 Å². The maximum Gasteiger partial charge on any atom is 0.308 e. The van der Waals surface area contributed by atoms with Gasteiger partial charge in [0, 0.05) is 25.5 Å². The number of benzene rings is 2. The molecular weight excluding hydrogens is 400 g/mol. The second-order valence-electron chi connectivity index (χ2n) is 7.72. The van der Waals surface area contributed by atoms with E-state index in [1.165, 1.54) is 32.2 Å². The Morgan fingerprint density at radius 2 is 1.71 bits per heavy atom. The smallest absolute Gasteiger partial charge is 0.308 e. The molecule has 31 heavy (non-hydrogen) atoms. The summed E-state index contributed by atoms with van der Waals surface area (Å²) in [5.74, 6) is 0.130. The fraction of sp³-hybridized carbons (Fsp3) is 0.208. The Bertz CT molecular complexity index is 1310. The van der Waals surface area contributed by atoms with Crippen LogP contribution in [0.2, 0.25) is 0 Å². The van der Waals surface area contributed by atoms with Gasteiger partial charge in [-0.25, -0.2) is 0 Å². The van der Waals surface area contributed by atoms with Crippen LogP contribution >= 0.6 is 0 Å². The molecule has 3 aromatic rings. The molecule has 2 aromatic carbocycles. The van der Waals surface area contributed by atoms with Crippen LogP contribution in [0.25, 0.3) is 28.2 Å². The molecule has 7 nitrogen and oxygen atoms in total. The largest absolute Gasteiger partial charge is 0.482 e. The van der Waals surface area contributed by atoms with Crippen LogP contribution in [-0.2, 0) is 9.59 Å². The summed E-state index contributed by atoms with van der Waals surface area (Å²) in [6, 6.07) is 7.86. The first-order valence-corrected chi connectivity index (χ1v) is 9.63. The number of fused-ring (bicyclic) bond motifs is 2. The van der Waals surface area contributed by atoms with Crippen molar-refractivity contribution in [1.29, 1.82) is 0 Å². The van der Waals surface area contributed by atoms with E-state index < -0.39 is 17.5 Å². The lowest BCUT2D eigenvalue weighted by molar-refractivity contribution is -0.132. The number of hydrogen-bond donors (Lipinski definition) is 0. The van der Waals surface area contributed by atoms with Crippen molar-refractivity contribution in [2.24, 2.45) is 0 Å². The first kappa shape index (κ1) is 20.4. The second kappa shape index (κ2) is 7.43. The van der Waals surface area contributed by atoms with E-state index in [0.717, 1.165) is 0 Å². The van der Waals surface area contributed by atoms with Crippen LogP contribution in [0.5, 0.6) is 17.2 Å². The van der Waals surface area contributed by atoms with Gasteiger partial charge in [0.15, 0.2) is 0 Å². The molecule has 1 aliphatic heterocycles. The van der Waals surface area contributed by atoms with Crippen LogP contribution in [0.15, 0.2) is 51.9 Å². The van der Waals surface area contributed by atoms with Gasteiger partial charge in [0.05, 0.1) is 16.5 Å². The lowest BCUT2D eigenvalue weighted by Gasteiger charge is -2.30. The van der Waals surface area contributed by atoms with Crippen LogP contribution in [0.4, 0.5) is 0 Å². The minimum absolute atomic E-state index is 0.269. The average molecular weight is 420 g/mol. The topological polar surface area (TPSA) is 92.0 Å². The lowest BCUT2D eigenvalue weighted by atomic mass is 9.96. The third-order valence-electron chi connectivity index (χ3n) is 4.72. The zero-order valence-electron chi connectivity index (χ0n) is 17.5. The van der Waals surface area contributed by atoms with Gasteiger partial charge in [-0.15, -0.1) is 0 Å². The van der Waals surface area contributed by atoms with Gasteiger partial charge in [-0.1, -0.05) is 0 Å². The number of carbonyl (C=O) groups excluding carboxylic acids is 2. The highest BCUT2D eigenvalue weighted by atomic mass is 16.5. The molecule has 1 aliphatic rings. The molecule has 4 rings (SSSR count). The molecule has 0 fully saturated rings. The molecule has 7 heteroatoms. The van der Waals surface area contributed by atoms with Crippen LogP contribution in [0, 0.1) is 0 Å². The van der Waals surface area contributed by atoms with Gasteiger partial charge >= 0.3 is 11.9 Å². The fourth-order valence-electron chi connectivity index (χ4n) is 3.41. The minimum atomic E-state index is -0.618. The minimum Gasteiger partial charge on any atom is -0.482 e. The van der Waals surface area contributed by atoms with Gasteiger partial charge in [-0.05, 0) is 50.3 Å². The molecule has 0 amide bonds. The number of rotatable bonds is 3. The standard InChI is InChI=1S/C24H20O7/c1-13(25)29-15-5-6-17-21(11-15)28-12-19(22(17)27)16-7-8-20(30-14(2)26)18-9-10-24(3,4)31-23(16)18/h5-12H,1-4H3. The van der Waals surface area contributed by atoms with Crippen molar-refractivity contribution in [2.45, 2.75) is 33.3 Å². The molecule has 0 bridgehead atoms. The van der Waals surface area contributed by atoms with Crippen molar-refractivity contribution in [1.82, 2.24) is 0 Å². The van der Waals surface area contributed by atoms with E-state index in [-0.39, 0.29) is 11.2 Å². The van der Waals surface area contributed by atoms with Crippen molar-refractivity contribution in [3.8, 4) is 28.4 Å². The zero-order valence-corrected chi connectivity index (χ0v) is 17.5. The number of hydrogen-bond acceptors (Lipinski definition) is 7. The van der Waals surface area contributed by atoms with Crippen molar-refractivity contribution >= 4 is 29.0 Å². The van der Waals surface area contributed by atoms with E-state index in [2.05, 4.69) is 0 Å². The SMILES string of the molecule is CC(=O)Oc1ccc2c(=O)c(-c3ccc(OC(C)=O)c4c3OC(C)(C)C=C4)coc2c1. The summed E-state index contributed by atoms with van der Waals surface area (Å²) in [4.78, 5) is 35.9. The Kier molecular flexibility index (Phi) is 4.89. The van der Waals surface area contributed by atoms with Gasteiger partial charge in [0.2, 0.25) is 5.43 Å². The summed E-state index contributed by atoms with van der Waals surface area (Å²) in [5, 5.41) is 0.330. The van der Waals surface area contributed by atoms with Gasteiger partial charge < -0.3 is 18.6 Å². The highest BCUT2D eigenvalue weighted by Gasteiger charge is 2.28. The molecule has 0 spiro atoms. The molecule has 2 heterocycles. The maximum absolute atomic E-state index is 13.2. The Balaban J connectivity index is 1.89. The van der Waals surface area contributed by atoms with E-state index in [1.807, 2.05) is 26.0 Å². The number of ether oxygens (including phenoxy) is 3. The number of esters is 2. The van der Waals surface area contributed by atoms with Crippen LogP contribution in [-0.4, -0.2) is 17.5 Å². The van der Waals surface area contributed by atoms with Gasteiger partial charge in [-0.2, -0.15) is 0 Å². The Labute approximate surface area is 177 Å². The Morgan fingerprint density at radius 3 is 2.42 bits per heavy atom. The summed E-state index contributed by atoms with van der Waals surface area (Å²) in [5.41, 5.74) is 0.782. The summed E-state index contributed by atoms with van der Waals surface area (Å²) in [7, 11) is 0. The average Bonchev–Trinajstić information content (AvgIpc) is 2.67. The lowest BCUT2D eigenvalue weighted by Crippen LogP contribution is -2.28. The summed E-state index contributed by atoms with van der Waals surface area (Å²) < 4.78 is 22.2. The fourth-order valence-corrected chi connectivity index (χ4v) is 3.41. The molecule has 158 valence electrons. The summed E-state index contributed by atoms with van der Waals surface area (Å²) >= 11 is 0. The third kappa shape index (κ3) is 3.94. The second-order valence-corrected chi connectivity index (χ2v) is 7.72. The zero-order chi connectivity index (χ0) is 22.3. The molecular formula is C24H20O7. The predicted molar refractivity (Wildman–Crippen MR) is 114 cm³/mol. The molecule has 0 aliphatic carbocycles. The monoisotopic (exact) mass is 420 g/mol. The quantitative estimate of drug-likeness (QED) is 0.455. The summed E-state index contributed by atoms with van der Waals surface area (Å²) in [6.07, 6.45) is 5.01. The number of carbonyl (C=O) groups is 2. The molecule has 0 radical (unpaired) electrons. The van der Waals surface area contributed by atoms with E-state index in [4.69, 9.17) is 18.6 Å². The molecule has 0 atom stereocenters. The maximum atomic E-state index is 13.2. The Morgan fingerprint density at radius 1 is 0.968 bits per heavy atom. The highest BCUT2D eigenvalue weighted by molar-refractivity contribution is 5.87. The Hall–Kier alpha value is -3.87. The predicted octanol–water partition coefficient (Wildman–Crippen LogP) is 4.49. The summed E-state index contributed by atoms with van der Waals surface area (Å²) in [6.45, 7) is 6.38. The molecule has 0 unspecified atom stereocenters. The van der Waals surface area contributed by atoms with Crippen LogP contribution < -0.4 is 19.6 Å². The molecule has 0 N–H and O–H groups in total. The highest BCUT2D eigenvalue weighted by Crippen LogP contribution is 2.43. The molecule has 1 aromatic heterocycles. The van der Waals surface area contributed by atoms with E-state index in [1.54, 1.807) is 18.2 Å². The van der Waals surface area contributed by atoms with Crippen molar-refractivity contribution in [3.63, 3.8) is 0 Å². The molecule has 0 saturated heterocycles. The van der Waals surface area contributed by atoms with E-state index >= 15 is 0 Å². The first-order valence-electron chi connectivity index (χ1n) is 9.63. The van der Waals surface area contributed by atoms with Gasteiger partial charge in [-0.3, -0.25) is 14.4 Å². The van der Waals surface area contributed by atoms with E-state index in [0.29, 0.717) is 39.2 Å². The van der Waals surface area contributed by atoms with Crippen LogP contribution in [0.1, 0.15) is 33.3 Å². The van der Waals surface area contributed by atoms with Crippen molar-refractivity contribution < 1.29 is 28.2 Å². The van der Waals surface area contributed by atoms with Crippen molar-refractivity contribution in [2.75, 3.05) is 0 Å². The van der Waals surface area contributed by atoms with Gasteiger partial charge in [0.25, 0.3) is 0 Å². The third-order valence-corrected chi connectivity index (χ3v) is 4.72. The van der Waals surface area contributed by atoms with Gasteiger partial charge in [0.1, 0.15) is 34.7 Å². The van der Waals surface area contributed by atoms with Crippen molar-refractivity contribution in [3.05, 3.63) is 58.5 Å². The normalized spacial score (nSPS) is 13.9.